The van der Waals surface area contributed by atoms with Crippen molar-refractivity contribution < 1.29 is 9.53 Å². The van der Waals surface area contributed by atoms with E-state index in [1.165, 1.54) is 5.56 Å². The van der Waals surface area contributed by atoms with Crippen molar-refractivity contribution in [2.75, 3.05) is 39.1 Å². The van der Waals surface area contributed by atoms with E-state index in [0.717, 1.165) is 30.1 Å². The fourth-order valence-electron chi connectivity index (χ4n) is 3.03. The number of benzene rings is 3. The molecule has 0 unspecified atom stereocenters. The van der Waals surface area contributed by atoms with E-state index >= 15 is 0 Å². The summed E-state index contributed by atoms with van der Waals surface area (Å²) in [6.45, 7) is 2.01. The number of anilines is 2. The Morgan fingerprint density at radius 2 is 1.70 bits per heavy atom. The molecule has 3 aromatic rings. The van der Waals surface area contributed by atoms with Gasteiger partial charge < -0.3 is 20.3 Å². The number of hydrogen-bond acceptors (Lipinski definition) is 4. The minimum atomic E-state index is -0.0878. The van der Waals surface area contributed by atoms with Crippen molar-refractivity contribution >= 4 is 17.3 Å². The molecule has 5 nitrogen and oxygen atoms in total. The third kappa shape index (κ3) is 6.64. The van der Waals surface area contributed by atoms with Gasteiger partial charge >= 0.3 is 0 Å². The van der Waals surface area contributed by atoms with Crippen LogP contribution < -0.4 is 15.4 Å². The third-order valence-electron chi connectivity index (χ3n) is 4.63. The molecule has 156 valence electrons. The van der Waals surface area contributed by atoms with Gasteiger partial charge in [0.2, 0.25) is 0 Å². The van der Waals surface area contributed by atoms with E-state index in [2.05, 4.69) is 22.8 Å². The maximum atomic E-state index is 12.6. The summed E-state index contributed by atoms with van der Waals surface area (Å²) >= 11 is 0. The molecule has 1 amide bonds. The van der Waals surface area contributed by atoms with E-state index in [4.69, 9.17) is 4.74 Å². The van der Waals surface area contributed by atoms with Crippen LogP contribution in [0.4, 0.5) is 11.4 Å². The van der Waals surface area contributed by atoms with Gasteiger partial charge in [0.25, 0.3) is 5.91 Å². The van der Waals surface area contributed by atoms with Crippen LogP contribution in [0.2, 0.25) is 0 Å². The maximum Gasteiger partial charge on any atom is 0.253 e. The van der Waals surface area contributed by atoms with Crippen LogP contribution in [0.3, 0.4) is 0 Å². The first-order valence-corrected chi connectivity index (χ1v) is 10.2. The Labute approximate surface area is 178 Å². The first-order chi connectivity index (χ1) is 14.6. The number of ether oxygens (including phenoxy) is 1. The molecule has 0 fully saturated rings. The zero-order chi connectivity index (χ0) is 21.2. The lowest BCUT2D eigenvalue weighted by Gasteiger charge is -2.14. The number of amides is 1. The number of para-hydroxylation sites is 1. The molecule has 3 aromatic carbocycles. The van der Waals surface area contributed by atoms with Gasteiger partial charge in [0, 0.05) is 31.3 Å². The Morgan fingerprint density at radius 3 is 2.50 bits per heavy atom. The van der Waals surface area contributed by atoms with Crippen LogP contribution in [-0.4, -0.2) is 44.6 Å². The average molecular weight is 404 g/mol. The minimum Gasteiger partial charge on any atom is -0.493 e. The highest BCUT2D eigenvalue weighted by Crippen LogP contribution is 2.24. The molecule has 0 aliphatic heterocycles. The molecule has 30 heavy (non-hydrogen) atoms. The molecule has 0 radical (unpaired) electrons. The molecule has 2 N–H and O–H groups in total. The second kappa shape index (κ2) is 11.0. The van der Waals surface area contributed by atoms with Gasteiger partial charge in [-0.1, -0.05) is 48.5 Å². The fourth-order valence-corrected chi connectivity index (χ4v) is 3.03. The van der Waals surface area contributed by atoms with Gasteiger partial charge in [-0.2, -0.15) is 0 Å². The van der Waals surface area contributed by atoms with Crippen molar-refractivity contribution in [3.05, 3.63) is 90.0 Å². The van der Waals surface area contributed by atoms with E-state index in [-0.39, 0.29) is 5.91 Å². The van der Waals surface area contributed by atoms with Crippen molar-refractivity contribution in [2.45, 2.75) is 6.42 Å². The quantitative estimate of drug-likeness (QED) is 0.529. The van der Waals surface area contributed by atoms with Crippen LogP contribution in [0.25, 0.3) is 0 Å². The van der Waals surface area contributed by atoms with Crippen LogP contribution in [0.5, 0.6) is 5.75 Å². The first kappa shape index (κ1) is 21.4. The number of hydrogen-bond donors (Lipinski definition) is 2. The zero-order valence-electron chi connectivity index (χ0n) is 17.6. The number of carbonyl (C=O) groups excluding carboxylic acids is 1. The number of rotatable bonds is 10. The summed E-state index contributed by atoms with van der Waals surface area (Å²) in [5.41, 5.74) is 3.51. The van der Waals surface area contributed by atoms with E-state index in [1.807, 2.05) is 85.7 Å². The molecule has 0 spiro atoms. The van der Waals surface area contributed by atoms with E-state index in [1.54, 1.807) is 0 Å². The highest BCUT2D eigenvalue weighted by molar-refractivity contribution is 6.00. The summed E-state index contributed by atoms with van der Waals surface area (Å²) in [6, 6.07) is 25.6. The highest BCUT2D eigenvalue weighted by atomic mass is 16.5. The smallest absolute Gasteiger partial charge is 0.253 e. The van der Waals surface area contributed by atoms with Crippen LogP contribution in [0.1, 0.15) is 15.9 Å². The van der Waals surface area contributed by atoms with Gasteiger partial charge in [-0.05, 0) is 43.9 Å². The van der Waals surface area contributed by atoms with Crippen molar-refractivity contribution in [3.63, 3.8) is 0 Å². The monoisotopic (exact) mass is 403 g/mol. The lowest BCUT2D eigenvalue weighted by atomic mass is 10.1. The molecule has 3 rings (SSSR count). The number of carbonyl (C=O) groups is 1. The van der Waals surface area contributed by atoms with Gasteiger partial charge in [0.15, 0.2) is 0 Å². The lowest BCUT2D eigenvalue weighted by molar-refractivity contribution is 0.0952. The summed E-state index contributed by atoms with van der Waals surface area (Å²) in [5, 5.41) is 6.32. The van der Waals surface area contributed by atoms with Gasteiger partial charge in [0.1, 0.15) is 5.75 Å². The summed E-state index contributed by atoms with van der Waals surface area (Å²) < 4.78 is 5.92. The zero-order valence-corrected chi connectivity index (χ0v) is 17.6. The number of nitrogens with one attached hydrogen (secondary N) is 2. The standard InChI is InChI=1S/C25H29N3O2/c1-28(2)17-16-26-25(29)23-13-6-7-14-24(23)27-21-11-8-12-22(19-21)30-18-15-20-9-4-3-5-10-20/h3-14,19,27H,15-18H2,1-2H3,(H,26,29). The maximum absolute atomic E-state index is 12.6. The number of nitrogens with zero attached hydrogens (tertiary/aromatic N) is 1. The molecule has 0 aliphatic rings. The SMILES string of the molecule is CN(C)CCNC(=O)c1ccccc1Nc1cccc(OCCc2ccccc2)c1. The Hall–Kier alpha value is -3.31. The Balaban J connectivity index is 1.61. The van der Waals surface area contributed by atoms with Crippen molar-refractivity contribution in [3.8, 4) is 5.75 Å². The minimum absolute atomic E-state index is 0.0878. The second-order valence-electron chi connectivity index (χ2n) is 7.34. The molecule has 5 heteroatoms. The molecule has 0 bridgehead atoms. The third-order valence-corrected chi connectivity index (χ3v) is 4.63. The van der Waals surface area contributed by atoms with E-state index < -0.39 is 0 Å². The fraction of sp³-hybridized carbons (Fsp3) is 0.240. The highest BCUT2D eigenvalue weighted by Gasteiger charge is 2.11. The summed E-state index contributed by atoms with van der Waals surface area (Å²) in [7, 11) is 3.97. The topological polar surface area (TPSA) is 53.6 Å². The van der Waals surface area contributed by atoms with Gasteiger partial charge in [-0.3, -0.25) is 4.79 Å². The average Bonchev–Trinajstić information content (AvgIpc) is 2.75. The van der Waals surface area contributed by atoms with Crippen LogP contribution in [0, 0.1) is 0 Å². The van der Waals surface area contributed by atoms with Gasteiger partial charge in [-0.25, -0.2) is 0 Å². The number of likely N-dealkylation sites (N-methyl/N-ethyl adjacent to an activating group) is 1. The molecule has 0 atom stereocenters. The normalized spacial score (nSPS) is 10.6. The summed E-state index contributed by atoms with van der Waals surface area (Å²) in [6.07, 6.45) is 0.856. The molecule has 0 saturated heterocycles. The first-order valence-electron chi connectivity index (χ1n) is 10.2. The van der Waals surface area contributed by atoms with E-state index in [0.29, 0.717) is 18.7 Å². The Bertz CT molecular complexity index is 942. The molecule has 0 saturated carbocycles. The van der Waals surface area contributed by atoms with Crippen LogP contribution in [0.15, 0.2) is 78.9 Å². The predicted octanol–water partition coefficient (Wildman–Crippen LogP) is 4.34. The molecule has 0 heterocycles. The van der Waals surface area contributed by atoms with Gasteiger partial charge in [0.05, 0.1) is 17.9 Å². The van der Waals surface area contributed by atoms with Crippen molar-refractivity contribution in [1.82, 2.24) is 10.2 Å². The molecular weight excluding hydrogens is 374 g/mol. The molecular formula is C25H29N3O2. The van der Waals surface area contributed by atoms with Crippen molar-refractivity contribution in [2.24, 2.45) is 0 Å². The second-order valence-corrected chi connectivity index (χ2v) is 7.34. The van der Waals surface area contributed by atoms with E-state index in [9.17, 15) is 4.79 Å². The van der Waals surface area contributed by atoms with Gasteiger partial charge in [-0.15, -0.1) is 0 Å². The lowest BCUT2D eigenvalue weighted by Crippen LogP contribution is -2.31. The summed E-state index contributed by atoms with van der Waals surface area (Å²) in [4.78, 5) is 14.6. The Morgan fingerprint density at radius 1 is 0.933 bits per heavy atom. The predicted molar refractivity (Wildman–Crippen MR) is 123 cm³/mol. The molecule has 0 aromatic heterocycles. The largest absolute Gasteiger partial charge is 0.493 e. The molecule has 0 aliphatic carbocycles. The van der Waals surface area contributed by atoms with Crippen molar-refractivity contribution in [1.29, 1.82) is 0 Å². The summed E-state index contributed by atoms with van der Waals surface area (Å²) in [5.74, 6) is 0.707. The van der Waals surface area contributed by atoms with Crippen LogP contribution >= 0.6 is 0 Å². The van der Waals surface area contributed by atoms with Crippen LogP contribution in [-0.2, 0) is 6.42 Å². The Kier molecular flexibility index (Phi) is 7.86.